The first-order valence-electron chi connectivity index (χ1n) is 4.45. The third-order valence-electron chi connectivity index (χ3n) is 1.91. The first-order chi connectivity index (χ1) is 5.95. The van der Waals surface area contributed by atoms with Crippen LogP contribution in [0.3, 0.4) is 0 Å². The van der Waals surface area contributed by atoms with E-state index in [-0.39, 0.29) is 5.92 Å². The van der Waals surface area contributed by atoms with E-state index in [0.717, 1.165) is 12.8 Å². The van der Waals surface area contributed by atoms with Crippen molar-refractivity contribution >= 4 is 17.6 Å². The van der Waals surface area contributed by atoms with E-state index in [9.17, 15) is 4.79 Å². The van der Waals surface area contributed by atoms with Gasteiger partial charge in [-0.25, -0.2) is 0 Å². The summed E-state index contributed by atoms with van der Waals surface area (Å²) in [4.78, 5) is 10.5. The van der Waals surface area contributed by atoms with Crippen LogP contribution in [0.25, 0.3) is 0 Å². The first-order valence-corrected chi connectivity index (χ1v) is 4.89. The highest BCUT2D eigenvalue weighted by Gasteiger charge is 2.20. The van der Waals surface area contributed by atoms with Crippen LogP contribution in [0.4, 0.5) is 0 Å². The lowest BCUT2D eigenvalue weighted by molar-refractivity contribution is -0.137. The van der Waals surface area contributed by atoms with Crippen molar-refractivity contribution in [2.45, 2.75) is 39.0 Å². The highest BCUT2D eigenvalue weighted by molar-refractivity contribution is 6.29. The van der Waals surface area contributed by atoms with Crippen molar-refractivity contribution in [1.29, 1.82) is 0 Å². The van der Waals surface area contributed by atoms with E-state index in [0.29, 0.717) is 0 Å². The van der Waals surface area contributed by atoms with Crippen molar-refractivity contribution in [3.8, 4) is 0 Å². The second-order valence-corrected chi connectivity index (χ2v) is 4.05. The molecular formula is C10H17ClO2. The highest BCUT2D eigenvalue weighted by atomic mass is 35.5. The molecule has 13 heavy (non-hydrogen) atoms. The number of halogens is 1. The molecule has 0 saturated carbocycles. The summed E-state index contributed by atoms with van der Waals surface area (Å²) >= 11 is 5.66. The van der Waals surface area contributed by atoms with Crippen LogP contribution in [0.2, 0.25) is 0 Å². The second kappa shape index (κ2) is 6.03. The Balaban J connectivity index is 3.81. The van der Waals surface area contributed by atoms with E-state index in [1.165, 1.54) is 5.57 Å². The number of hydrogen-bond donors (Lipinski definition) is 1. The molecule has 2 atom stereocenters. The van der Waals surface area contributed by atoms with E-state index in [1.54, 1.807) is 0 Å². The number of aliphatic carboxylic acids is 1. The van der Waals surface area contributed by atoms with Crippen LogP contribution in [0.15, 0.2) is 11.6 Å². The van der Waals surface area contributed by atoms with Crippen LogP contribution in [0, 0.1) is 5.92 Å². The maximum Gasteiger partial charge on any atom is 0.321 e. The largest absolute Gasteiger partial charge is 0.480 e. The van der Waals surface area contributed by atoms with Gasteiger partial charge in [0.05, 0.1) is 0 Å². The van der Waals surface area contributed by atoms with Gasteiger partial charge in [-0.15, -0.1) is 11.6 Å². The summed E-state index contributed by atoms with van der Waals surface area (Å²) < 4.78 is 0. The smallest absolute Gasteiger partial charge is 0.321 e. The summed E-state index contributed by atoms with van der Waals surface area (Å²) in [5.41, 5.74) is 1.26. The number of hydrogen-bond acceptors (Lipinski definition) is 1. The molecule has 0 radical (unpaired) electrons. The molecule has 0 saturated heterocycles. The molecule has 0 aromatic rings. The van der Waals surface area contributed by atoms with Crippen LogP contribution in [-0.4, -0.2) is 16.5 Å². The van der Waals surface area contributed by atoms with Crippen molar-refractivity contribution in [3.05, 3.63) is 11.6 Å². The van der Waals surface area contributed by atoms with Crippen molar-refractivity contribution in [1.82, 2.24) is 0 Å². The number of carbonyl (C=O) groups is 1. The maximum atomic E-state index is 10.5. The van der Waals surface area contributed by atoms with Gasteiger partial charge in [0.2, 0.25) is 0 Å². The normalized spacial score (nSPS) is 14.8. The Hall–Kier alpha value is -0.500. The summed E-state index contributed by atoms with van der Waals surface area (Å²) in [6.45, 7) is 5.92. The van der Waals surface area contributed by atoms with Crippen molar-refractivity contribution in [2.24, 2.45) is 5.92 Å². The van der Waals surface area contributed by atoms with E-state index in [1.807, 2.05) is 20.8 Å². The van der Waals surface area contributed by atoms with Gasteiger partial charge in [0.1, 0.15) is 5.38 Å². The molecule has 0 rings (SSSR count). The van der Waals surface area contributed by atoms with Gasteiger partial charge in [0, 0.05) is 0 Å². The molecule has 0 aliphatic heterocycles. The molecule has 2 unspecified atom stereocenters. The van der Waals surface area contributed by atoms with Crippen LogP contribution in [0.5, 0.6) is 0 Å². The third kappa shape index (κ3) is 5.69. The van der Waals surface area contributed by atoms with Crippen LogP contribution in [0.1, 0.15) is 33.6 Å². The minimum absolute atomic E-state index is 0.0229. The van der Waals surface area contributed by atoms with Crippen molar-refractivity contribution in [2.75, 3.05) is 0 Å². The lowest BCUT2D eigenvalue weighted by atomic mass is 10.0. The van der Waals surface area contributed by atoms with Crippen molar-refractivity contribution < 1.29 is 9.90 Å². The monoisotopic (exact) mass is 204 g/mol. The Bertz CT molecular complexity index is 195. The zero-order chi connectivity index (χ0) is 10.4. The molecule has 3 heteroatoms. The topological polar surface area (TPSA) is 37.3 Å². The Morgan fingerprint density at radius 1 is 1.54 bits per heavy atom. The molecule has 0 heterocycles. The zero-order valence-electron chi connectivity index (χ0n) is 8.38. The Labute approximate surface area is 84.6 Å². The number of alkyl halides is 1. The van der Waals surface area contributed by atoms with Gasteiger partial charge in [-0.05, 0) is 32.6 Å². The van der Waals surface area contributed by atoms with Gasteiger partial charge in [-0.1, -0.05) is 18.6 Å². The predicted octanol–water partition coefficient (Wildman–Crippen LogP) is 3.06. The number of allylic oxidation sites excluding steroid dienone is 2. The minimum atomic E-state index is -0.925. The molecule has 2 nitrogen and oxygen atoms in total. The fourth-order valence-electron chi connectivity index (χ4n) is 1.02. The predicted molar refractivity (Wildman–Crippen MR) is 55.1 cm³/mol. The standard InChI is InChI=1S/C10H17ClO2/c1-7(2)5-4-6-8(3)9(11)10(12)13/h5,8-9H,4,6H2,1-3H3,(H,12,13). The fourth-order valence-corrected chi connectivity index (χ4v) is 1.15. The maximum absolute atomic E-state index is 10.5. The van der Waals surface area contributed by atoms with Gasteiger partial charge in [0.15, 0.2) is 0 Å². The minimum Gasteiger partial charge on any atom is -0.480 e. The quantitative estimate of drug-likeness (QED) is 0.552. The summed E-state index contributed by atoms with van der Waals surface area (Å²) in [5.74, 6) is -0.902. The Morgan fingerprint density at radius 3 is 2.46 bits per heavy atom. The lowest BCUT2D eigenvalue weighted by Crippen LogP contribution is -2.21. The van der Waals surface area contributed by atoms with E-state index in [2.05, 4.69) is 6.08 Å². The first kappa shape index (κ1) is 12.5. The summed E-state index contributed by atoms with van der Waals surface area (Å²) in [6, 6.07) is 0. The molecule has 0 fully saturated rings. The van der Waals surface area contributed by atoms with Crippen LogP contribution in [-0.2, 0) is 4.79 Å². The van der Waals surface area contributed by atoms with Crippen LogP contribution < -0.4 is 0 Å². The molecule has 0 aromatic carbocycles. The molecule has 0 aliphatic carbocycles. The van der Waals surface area contributed by atoms with E-state index in [4.69, 9.17) is 16.7 Å². The number of carboxylic acid groups (broad SMARTS) is 1. The van der Waals surface area contributed by atoms with Crippen molar-refractivity contribution in [3.63, 3.8) is 0 Å². The second-order valence-electron chi connectivity index (χ2n) is 3.58. The van der Waals surface area contributed by atoms with Gasteiger partial charge in [-0.3, -0.25) is 4.79 Å². The number of carboxylic acids is 1. The summed E-state index contributed by atoms with van der Waals surface area (Å²) in [7, 11) is 0. The molecule has 76 valence electrons. The lowest BCUT2D eigenvalue weighted by Gasteiger charge is -2.12. The molecule has 1 N–H and O–H groups in total. The summed E-state index contributed by atoms with van der Waals surface area (Å²) in [6.07, 6.45) is 3.83. The Kier molecular flexibility index (Phi) is 5.80. The van der Waals surface area contributed by atoms with E-state index >= 15 is 0 Å². The van der Waals surface area contributed by atoms with Crippen LogP contribution >= 0.6 is 11.6 Å². The molecule has 0 spiro atoms. The SMILES string of the molecule is CC(C)=CCCC(C)C(Cl)C(=O)O. The van der Waals surface area contributed by atoms with E-state index < -0.39 is 11.3 Å². The third-order valence-corrected chi connectivity index (χ3v) is 2.53. The van der Waals surface area contributed by atoms with Gasteiger partial charge in [0.25, 0.3) is 0 Å². The zero-order valence-corrected chi connectivity index (χ0v) is 9.14. The molecule has 0 bridgehead atoms. The average molecular weight is 205 g/mol. The summed E-state index contributed by atoms with van der Waals surface area (Å²) in [5, 5.41) is 7.85. The molecule has 0 aromatic heterocycles. The van der Waals surface area contributed by atoms with Gasteiger partial charge < -0.3 is 5.11 Å². The number of rotatable bonds is 5. The average Bonchev–Trinajstić information content (AvgIpc) is 2.02. The van der Waals surface area contributed by atoms with Gasteiger partial charge in [-0.2, -0.15) is 0 Å². The Morgan fingerprint density at radius 2 is 2.08 bits per heavy atom. The highest BCUT2D eigenvalue weighted by Crippen LogP contribution is 2.17. The molecular weight excluding hydrogens is 188 g/mol. The fraction of sp³-hybridized carbons (Fsp3) is 0.700. The molecule has 0 amide bonds. The van der Waals surface area contributed by atoms with Gasteiger partial charge >= 0.3 is 5.97 Å². The molecule has 0 aliphatic rings.